The van der Waals surface area contributed by atoms with E-state index in [0.717, 1.165) is 42.3 Å². The molecule has 0 bridgehead atoms. The zero-order valence-corrected chi connectivity index (χ0v) is 13.9. The van der Waals surface area contributed by atoms with Crippen molar-refractivity contribution >= 4 is 5.91 Å². The molecule has 128 valence electrons. The molecule has 1 saturated heterocycles. The van der Waals surface area contributed by atoms with E-state index in [9.17, 15) is 4.79 Å². The highest BCUT2D eigenvalue weighted by Crippen LogP contribution is 2.25. The lowest BCUT2D eigenvalue weighted by molar-refractivity contribution is -0.121. The quantitative estimate of drug-likeness (QED) is 0.847. The highest BCUT2D eigenvalue weighted by Gasteiger charge is 2.16. The van der Waals surface area contributed by atoms with E-state index in [0.29, 0.717) is 19.4 Å². The maximum Gasteiger partial charge on any atom is 0.220 e. The number of amides is 1. The summed E-state index contributed by atoms with van der Waals surface area (Å²) in [6, 6.07) is 11.6. The molecular formula is C19H23NO4. The number of aryl methyl sites for hydroxylation is 1. The van der Waals surface area contributed by atoms with Gasteiger partial charge in [0.25, 0.3) is 0 Å². The molecule has 24 heavy (non-hydrogen) atoms. The fraction of sp³-hybridized carbons (Fsp3) is 0.421. The SMILES string of the molecule is COc1ccc(-c2ccc(CCC(=O)NCC3CCCO3)o2)cc1. The minimum Gasteiger partial charge on any atom is -0.497 e. The number of benzene rings is 1. The van der Waals surface area contributed by atoms with Crippen LogP contribution in [0.1, 0.15) is 25.0 Å². The third-order valence-corrected chi connectivity index (χ3v) is 4.19. The average molecular weight is 329 g/mol. The summed E-state index contributed by atoms with van der Waals surface area (Å²) in [4.78, 5) is 11.9. The first-order valence-electron chi connectivity index (χ1n) is 8.36. The van der Waals surface area contributed by atoms with Crippen molar-refractivity contribution in [2.75, 3.05) is 20.3 Å². The molecule has 1 atom stereocenters. The molecule has 5 nitrogen and oxygen atoms in total. The molecule has 2 aromatic rings. The Morgan fingerprint density at radius 1 is 1.25 bits per heavy atom. The molecule has 2 heterocycles. The van der Waals surface area contributed by atoms with Gasteiger partial charge < -0.3 is 19.2 Å². The van der Waals surface area contributed by atoms with E-state index in [1.165, 1.54) is 0 Å². The molecule has 1 N–H and O–H groups in total. The summed E-state index contributed by atoms with van der Waals surface area (Å²) >= 11 is 0. The average Bonchev–Trinajstić information content (AvgIpc) is 3.30. The smallest absolute Gasteiger partial charge is 0.220 e. The van der Waals surface area contributed by atoms with E-state index in [2.05, 4.69) is 5.32 Å². The van der Waals surface area contributed by atoms with Crippen LogP contribution in [-0.4, -0.2) is 32.3 Å². The summed E-state index contributed by atoms with van der Waals surface area (Å²) in [7, 11) is 1.64. The second-order valence-corrected chi connectivity index (χ2v) is 5.93. The van der Waals surface area contributed by atoms with Gasteiger partial charge >= 0.3 is 0 Å². The van der Waals surface area contributed by atoms with Crippen LogP contribution in [0, 0.1) is 0 Å². The molecule has 0 radical (unpaired) electrons. The number of hydrogen-bond acceptors (Lipinski definition) is 4. The summed E-state index contributed by atoms with van der Waals surface area (Å²) in [6.07, 6.45) is 3.31. The second kappa shape index (κ2) is 8.02. The number of nitrogens with one attached hydrogen (secondary N) is 1. The highest BCUT2D eigenvalue weighted by atomic mass is 16.5. The van der Waals surface area contributed by atoms with E-state index in [-0.39, 0.29) is 12.0 Å². The fourth-order valence-electron chi connectivity index (χ4n) is 2.78. The van der Waals surface area contributed by atoms with Gasteiger partial charge in [-0.15, -0.1) is 0 Å². The van der Waals surface area contributed by atoms with Crippen LogP contribution >= 0.6 is 0 Å². The van der Waals surface area contributed by atoms with Gasteiger partial charge in [-0.2, -0.15) is 0 Å². The second-order valence-electron chi connectivity index (χ2n) is 5.93. The Morgan fingerprint density at radius 2 is 2.08 bits per heavy atom. The Bertz CT molecular complexity index is 656. The Balaban J connectivity index is 1.47. The van der Waals surface area contributed by atoms with E-state index in [1.807, 2.05) is 36.4 Å². The van der Waals surface area contributed by atoms with Crippen LogP contribution in [0.4, 0.5) is 0 Å². The Labute approximate surface area is 141 Å². The molecule has 1 aliphatic heterocycles. The predicted octanol–water partition coefficient (Wildman–Crippen LogP) is 3.18. The summed E-state index contributed by atoms with van der Waals surface area (Å²) in [6.45, 7) is 1.41. The fourth-order valence-corrected chi connectivity index (χ4v) is 2.78. The van der Waals surface area contributed by atoms with Gasteiger partial charge in [0.05, 0.1) is 13.2 Å². The molecular weight excluding hydrogens is 306 g/mol. The van der Waals surface area contributed by atoms with Crippen molar-refractivity contribution in [3.8, 4) is 17.1 Å². The standard InChI is InChI=1S/C19H23NO4/c1-22-15-6-4-14(5-7-15)18-10-8-16(24-18)9-11-19(21)20-13-17-3-2-12-23-17/h4-8,10,17H,2-3,9,11-13H2,1H3,(H,20,21). The van der Waals surface area contributed by atoms with Crippen molar-refractivity contribution in [1.29, 1.82) is 0 Å². The van der Waals surface area contributed by atoms with Gasteiger partial charge in [0.2, 0.25) is 5.91 Å². The van der Waals surface area contributed by atoms with Gasteiger partial charge in [0.15, 0.2) is 0 Å². The molecule has 0 spiro atoms. The molecule has 0 aliphatic carbocycles. The lowest BCUT2D eigenvalue weighted by Gasteiger charge is -2.10. The van der Waals surface area contributed by atoms with E-state index in [4.69, 9.17) is 13.9 Å². The molecule has 1 unspecified atom stereocenters. The van der Waals surface area contributed by atoms with Gasteiger partial charge in [-0.3, -0.25) is 4.79 Å². The summed E-state index contributed by atoms with van der Waals surface area (Å²) < 4.78 is 16.5. The molecule has 1 amide bonds. The molecule has 1 aliphatic rings. The van der Waals surface area contributed by atoms with Gasteiger partial charge in [-0.1, -0.05) is 0 Å². The summed E-state index contributed by atoms with van der Waals surface area (Å²) in [5, 5.41) is 2.93. The Hall–Kier alpha value is -2.27. The first-order valence-corrected chi connectivity index (χ1v) is 8.36. The van der Waals surface area contributed by atoms with Crippen molar-refractivity contribution in [3.63, 3.8) is 0 Å². The normalized spacial score (nSPS) is 17.0. The van der Waals surface area contributed by atoms with Crippen LogP contribution in [0.3, 0.4) is 0 Å². The molecule has 5 heteroatoms. The zero-order chi connectivity index (χ0) is 16.8. The minimum atomic E-state index is 0.0351. The van der Waals surface area contributed by atoms with Crippen LogP contribution in [0.5, 0.6) is 5.75 Å². The molecule has 3 rings (SSSR count). The number of carbonyl (C=O) groups excluding carboxylic acids is 1. The first kappa shape index (κ1) is 16.6. The van der Waals surface area contributed by atoms with Crippen molar-refractivity contribution in [3.05, 3.63) is 42.2 Å². The summed E-state index contributed by atoms with van der Waals surface area (Å²) in [5.74, 6) is 2.46. The molecule has 1 fully saturated rings. The number of rotatable bonds is 7. The van der Waals surface area contributed by atoms with Crippen molar-refractivity contribution in [2.45, 2.75) is 31.8 Å². The summed E-state index contributed by atoms with van der Waals surface area (Å²) in [5.41, 5.74) is 0.991. The predicted molar refractivity (Wildman–Crippen MR) is 91.0 cm³/mol. The van der Waals surface area contributed by atoms with Crippen molar-refractivity contribution < 1.29 is 18.7 Å². The van der Waals surface area contributed by atoms with E-state index >= 15 is 0 Å². The third kappa shape index (κ3) is 4.38. The molecule has 1 aromatic carbocycles. The Kier molecular flexibility index (Phi) is 5.54. The van der Waals surface area contributed by atoms with Gasteiger partial charge in [-0.25, -0.2) is 0 Å². The Morgan fingerprint density at radius 3 is 2.79 bits per heavy atom. The lowest BCUT2D eigenvalue weighted by atomic mass is 10.2. The van der Waals surface area contributed by atoms with Crippen LogP contribution in [0.2, 0.25) is 0 Å². The minimum absolute atomic E-state index is 0.0351. The van der Waals surface area contributed by atoms with Crippen molar-refractivity contribution in [1.82, 2.24) is 5.32 Å². The maximum absolute atomic E-state index is 11.9. The maximum atomic E-state index is 11.9. The van der Waals surface area contributed by atoms with E-state index < -0.39 is 0 Å². The van der Waals surface area contributed by atoms with Gasteiger partial charge in [0, 0.05) is 31.6 Å². The monoisotopic (exact) mass is 329 g/mol. The molecule has 0 saturated carbocycles. The number of ether oxygens (including phenoxy) is 2. The highest BCUT2D eigenvalue weighted by molar-refractivity contribution is 5.76. The topological polar surface area (TPSA) is 60.7 Å². The van der Waals surface area contributed by atoms with Crippen LogP contribution in [0.15, 0.2) is 40.8 Å². The van der Waals surface area contributed by atoms with Gasteiger partial charge in [0.1, 0.15) is 17.3 Å². The van der Waals surface area contributed by atoms with Crippen LogP contribution < -0.4 is 10.1 Å². The lowest BCUT2D eigenvalue weighted by Crippen LogP contribution is -2.31. The van der Waals surface area contributed by atoms with Gasteiger partial charge in [-0.05, 0) is 49.2 Å². The number of methoxy groups -OCH3 is 1. The number of furan rings is 1. The number of hydrogen-bond donors (Lipinski definition) is 1. The number of carbonyl (C=O) groups is 1. The van der Waals surface area contributed by atoms with E-state index in [1.54, 1.807) is 7.11 Å². The largest absolute Gasteiger partial charge is 0.497 e. The van der Waals surface area contributed by atoms with Crippen LogP contribution in [-0.2, 0) is 16.0 Å². The van der Waals surface area contributed by atoms with Crippen molar-refractivity contribution in [2.24, 2.45) is 0 Å². The third-order valence-electron chi connectivity index (χ3n) is 4.19. The molecule has 1 aromatic heterocycles. The van der Waals surface area contributed by atoms with Crippen LogP contribution in [0.25, 0.3) is 11.3 Å². The first-order chi connectivity index (χ1) is 11.7. The zero-order valence-electron chi connectivity index (χ0n) is 13.9.